The predicted octanol–water partition coefficient (Wildman–Crippen LogP) is 6.46. The highest BCUT2D eigenvalue weighted by atomic mass is 32.2. The molecule has 39 heavy (non-hydrogen) atoms. The number of hydrogen-bond acceptors (Lipinski definition) is 6. The van der Waals surface area contributed by atoms with Crippen molar-refractivity contribution in [3.8, 4) is 21.8 Å². The minimum Gasteiger partial charge on any atom is -0.348 e. The van der Waals surface area contributed by atoms with Crippen LogP contribution in [-0.4, -0.2) is 37.4 Å². The fourth-order valence-corrected chi connectivity index (χ4v) is 6.29. The first-order chi connectivity index (χ1) is 18.4. The van der Waals surface area contributed by atoms with Crippen molar-refractivity contribution < 1.29 is 34.8 Å². The molecule has 1 aliphatic heterocycles. The summed E-state index contributed by atoms with van der Waals surface area (Å²) in [7, 11) is -4.82. The summed E-state index contributed by atoms with van der Waals surface area (Å²) < 4.78 is 113. The van der Waals surface area contributed by atoms with Crippen molar-refractivity contribution in [2.45, 2.75) is 23.7 Å². The average Bonchev–Trinajstić information content (AvgIpc) is 3.32. The summed E-state index contributed by atoms with van der Waals surface area (Å²) >= 11 is 0.995. The number of thiazole rings is 1. The van der Waals surface area contributed by atoms with Crippen LogP contribution in [0.15, 0.2) is 59.6 Å². The average molecular weight is 585 g/mol. The third-order valence-electron chi connectivity index (χ3n) is 6.03. The van der Waals surface area contributed by atoms with Crippen LogP contribution in [0.1, 0.15) is 12.8 Å². The third kappa shape index (κ3) is 5.43. The van der Waals surface area contributed by atoms with Crippen LogP contribution < -0.4 is 9.62 Å². The summed E-state index contributed by atoms with van der Waals surface area (Å²) in [5, 5.41) is 0.229. The van der Waals surface area contributed by atoms with E-state index < -0.39 is 68.2 Å². The molecular weight excluding hydrogens is 566 g/mol. The first-order valence-electron chi connectivity index (χ1n) is 11.5. The number of pyridine rings is 1. The quantitative estimate of drug-likeness (QED) is 0.263. The maximum atomic E-state index is 15.8. The number of sulfonamides is 1. The van der Waals surface area contributed by atoms with E-state index in [9.17, 15) is 26.0 Å². The van der Waals surface area contributed by atoms with Crippen molar-refractivity contribution in [1.82, 2.24) is 9.97 Å². The maximum absolute atomic E-state index is 15.8. The normalized spacial score (nSPS) is 15.4. The Hall–Kier alpha value is -3.65. The van der Waals surface area contributed by atoms with E-state index in [-0.39, 0.29) is 28.8 Å². The van der Waals surface area contributed by atoms with E-state index in [2.05, 4.69) is 9.97 Å². The van der Waals surface area contributed by atoms with Gasteiger partial charge in [0.2, 0.25) is 0 Å². The Morgan fingerprint density at radius 2 is 1.67 bits per heavy atom. The molecule has 4 aromatic rings. The van der Waals surface area contributed by atoms with Gasteiger partial charge in [0.15, 0.2) is 10.9 Å². The molecule has 2 aromatic carbocycles. The van der Waals surface area contributed by atoms with Crippen molar-refractivity contribution in [3.63, 3.8) is 0 Å². The van der Waals surface area contributed by atoms with Crippen molar-refractivity contribution in [2.24, 2.45) is 0 Å². The molecule has 204 valence electrons. The van der Waals surface area contributed by atoms with E-state index in [0.717, 1.165) is 23.5 Å². The molecule has 1 fully saturated rings. The van der Waals surface area contributed by atoms with Gasteiger partial charge < -0.3 is 4.90 Å². The number of nitrogens with one attached hydrogen (secondary N) is 1. The molecule has 0 unspecified atom stereocenters. The summed E-state index contributed by atoms with van der Waals surface area (Å²) in [6.45, 7) is -0.0722. The van der Waals surface area contributed by atoms with Gasteiger partial charge in [-0.05, 0) is 42.5 Å². The van der Waals surface area contributed by atoms with Crippen molar-refractivity contribution in [2.75, 3.05) is 22.7 Å². The molecule has 6 nitrogen and oxygen atoms in total. The number of alkyl halides is 2. The van der Waals surface area contributed by atoms with Gasteiger partial charge >= 0.3 is 0 Å². The van der Waals surface area contributed by atoms with Crippen molar-refractivity contribution >= 4 is 32.2 Å². The van der Waals surface area contributed by atoms with Gasteiger partial charge in [0.1, 0.15) is 22.3 Å². The first kappa shape index (κ1) is 26.9. The number of piperidine rings is 1. The van der Waals surface area contributed by atoms with Gasteiger partial charge in [-0.1, -0.05) is 17.4 Å². The summed E-state index contributed by atoms with van der Waals surface area (Å²) in [5.41, 5.74) is -1.38. The standard InChI is InChI=1S/C25H18F6N4O2S2/c26-14-4-5-15(27)19(13-14)39(36,37)34-17-7-6-16(28)20(21(17)29)22-23(18-3-1-2-10-32-18)38-24(33-22)35-11-8-25(30,31)9-12-35/h1-7,10,13,34H,8-9,11-12H2. The topological polar surface area (TPSA) is 75.2 Å². The second-order valence-electron chi connectivity index (χ2n) is 8.70. The Morgan fingerprint density at radius 3 is 2.36 bits per heavy atom. The first-order valence-corrected chi connectivity index (χ1v) is 13.8. The Kier molecular flexibility index (Phi) is 7.01. The molecule has 3 heterocycles. The molecular formula is C25H18F6N4O2S2. The van der Waals surface area contributed by atoms with Crippen LogP contribution in [-0.2, 0) is 10.0 Å². The zero-order valence-electron chi connectivity index (χ0n) is 19.8. The van der Waals surface area contributed by atoms with Gasteiger partial charge in [0, 0.05) is 32.1 Å². The molecule has 0 saturated carbocycles. The van der Waals surface area contributed by atoms with Crippen LogP contribution in [0.2, 0.25) is 0 Å². The maximum Gasteiger partial charge on any atom is 0.265 e. The van der Waals surface area contributed by atoms with Crippen LogP contribution in [0.3, 0.4) is 0 Å². The Morgan fingerprint density at radius 1 is 0.949 bits per heavy atom. The van der Waals surface area contributed by atoms with Crippen molar-refractivity contribution in [1.29, 1.82) is 0 Å². The van der Waals surface area contributed by atoms with Crippen LogP contribution in [0.4, 0.5) is 37.2 Å². The van der Waals surface area contributed by atoms with E-state index >= 15 is 8.78 Å². The fourth-order valence-electron chi connectivity index (χ4n) is 4.04. The number of benzene rings is 2. The lowest BCUT2D eigenvalue weighted by molar-refractivity contribution is -0.0220. The molecule has 0 spiro atoms. The van der Waals surface area contributed by atoms with Gasteiger partial charge in [0.25, 0.3) is 15.9 Å². The van der Waals surface area contributed by atoms with Crippen LogP contribution in [0.5, 0.6) is 0 Å². The molecule has 0 atom stereocenters. The largest absolute Gasteiger partial charge is 0.348 e. The zero-order valence-corrected chi connectivity index (χ0v) is 21.4. The second kappa shape index (κ2) is 10.2. The molecule has 14 heteroatoms. The predicted molar refractivity (Wildman–Crippen MR) is 134 cm³/mol. The van der Waals surface area contributed by atoms with Gasteiger partial charge in [-0.25, -0.2) is 39.7 Å². The lowest BCUT2D eigenvalue weighted by atomic mass is 10.1. The highest BCUT2D eigenvalue weighted by Crippen LogP contribution is 2.44. The molecule has 5 rings (SSSR count). The van der Waals surface area contributed by atoms with Crippen molar-refractivity contribution in [3.05, 3.63) is 78.0 Å². The summed E-state index contributed by atoms with van der Waals surface area (Å²) in [5.74, 6) is -7.60. The van der Waals surface area contributed by atoms with Crippen LogP contribution in [0, 0.1) is 23.3 Å². The highest BCUT2D eigenvalue weighted by Gasteiger charge is 2.36. The summed E-state index contributed by atoms with van der Waals surface area (Å²) in [6, 6.07) is 8.16. The smallest absolute Gasteiger partial charge is 0.265 e. The van der Waals surface area contributed by atoms with E-state index in [4.69, 9.17) is 0 Å². The number of rotatable bonds is 6. The van der Waals surface area contributed by atoms with Gasteiger partial charge in [0.05, 0.1) is 27.5 Å². The van der Waals surface area contributed by atoms with Crippen LogP contribution >= 0.6 is 11.3 Å². The summed E-state index contributed by atoms with van der Waals surface area (Å²) in [6.07, 6.45) is 0.611. The highest BCUT2D eigenvalue weighted by molar-refractivity contribution is 7.92. The summed E-state index contributed by atoms with van der Waals surface area (Å²) in [4.78, 5) is 9.30. The molecule has 0 radical (unpaired) electrons. The molecule has 1 N–H and O–H groups in total. The molecule has 1 saturated heterocycles. The Balaban J connectivity index is 1.60. The van der Waals surface area contributed by atoms with E-state index in [1.807, 2.05) is 4.72 Å². The molecule has 2 aromatic heterocycles. The third-order valence-corrected chi connectivity index (χ3v) is 8.55. The van der Waals surface area contributed by atoms with Gasteiger partial charge in [-0.3, -0.25) is 9.71 Å². The van der Waals surface area contributed by atoms with E-state index in [1.54, 1.807) is 23.1 Å². The van der Waals surface area contributed by atoms with Gasteiger partial charge in [-0.2, -0.15) is 0 Å². The lowest BCUT2D eigenvalue weighted by Gasteiger charge is -2.31. The Bertz CT molecular complexity index is 1640. The number of anilines is 2. The second-order valence-corrected chi connectivity index (χ2v) is 11.3. The Labute approximate surface area is 223 Å². The molecule has 0 aliphatic carbocycles. The SMILES string of the molecule is O=S(=O)(Nc1ccc(F)c(-c2nc(N3CCC(F)(F)CC3)sc2-c2ccccn2)c1F)c1cc(F)ccc1F. The number of aromatic nitrogens is 2. The number of hydrogen-bond donors (Lipinski definition) is 1. The zero-order chi connectivity index (χ0) is 27.9. The lowest BCUT2D eigenvalue weighted by Crippen LogP contribution is -2.39. The van der Waals surface area contributed by atoms with E-state index in [1.165, 1.54) is 6.20 Å². The van der Waals surface area contributed by atoms with Crippen LogP contribution in [0.25, 0.3) is 21.8 Å². The molecule has 0 amide bonds. The number of halogens is 6. The molecule has 0 bridgehead atoms. The minimum absolute atomic E-state index is 0.0361. The van der Waals surface area contributed by atoms with Gasteiger partial charge in [-0.15, -0.1) is 0 Å². The monoisotopic (exact) mass is 584 g/mol. The fraction of sp³-hybridized carbons (Fsp3) is 0.200. The molecule has 1 aliphatic rings. The number of nitrogens with zero attached hydrogens (tertiary/aromatic N) is 3. The van der Waals surface area contributed by atoms with E-state index in [0.29, 0.717) is 23.9 Å². The minimum atomic E-state index is -4.82.